The van der Waals surface area contributed by atoms with E-state index in [9.17, 15) is 8.42 Å². The lowest BCUT2D eigenvalue weighted by Crippen LogP contribution is -2.27. The number of aromatic nitrogens is 3. The molecule has 0 atom stereocenters. The van der Waals surface area contributed by atoms with Crippen LogP contribution in [0.3, 0.4) is 0 Å². The van der Waals surface area contributed by atoms with Crippen molar-refractivity contribution in [1.82, 2.24) is 19.6 Å². The van der Waals surface area contributed by atoms with Gasteiger partial charge in [-0.05, 0) is 13.8 Å². The Morgan fingerprint density at radius 3 is 2.42 bits per heavy atom. The highest BCUT2D eigenvalue weighted by atomic mass is 32.2. The Bertz CT molecular complexity index is 928. The topological polar surface area (TPSA) is 102 Å². The normalized spacial score (nSPS) is 12.0. The van der Waals surface area contributed by atoms with Crippen LogP contribution >= 0.6 is 0 Å². The van der Waals surface area contributed by atoms with Gasteiger partial charge in [-0.3, -0.25) is 0 Å². The van der Waals surface area contributed by atoms with Gasteiger partial charge in [0.05, 0.1) is 6.54 Å². The molecule has 0 bridgehead atoms. The molecule has 3 aromatic rings. The van der Waals surface area contributed by atoms with Gasteiger partial charge in [-0.25, -0.2) is 8.42 Å². The minimum Gasteiger partial charge on any atom is -0.360 e. The van der Waals surface area contributed by atoms with Crippen LogP contribution in [0.5, 0.6) is 0 Å². The molecule has 0 aliphatic rings. The van der Waals surface area contributed by atoms with Gasteiger partial charge in [-0.2, -0.15) is 9.29 Å². The van der Waals surface area contributed by atoms with Gasteiger partial charge in [0.15, 0.2) is 5.76 Å². The first kappa shape index (κ1) is 16.3. The number of aryl methyl sites for hydroxylation is 2. The van der Waals surface area contributed by atoms with E-state index in [1.165, 1.54) is 7.05 Å². The van der Waals surface area contributed by atoms with Gasteiger partial charge in [0.25, 0.3) is 0 Å². The standard InChI is InChI=1S/C15H16N4O4S/c1-10-14(11(2)22-17-10)24(20,21)19(3)9-13-16-15(18-23-13)12-7-5-4-6-8-12/h4-8H,9H2,1-3H3. The summed E-state index contributed by atoms with van der Waals surface area (Å²) < 4.78 is 36.5. The zero-order chi connectivity index (χ0) is 17.3. The average molecular weight is 348 g/mol. The number of sulfonamides is 1. The largest absolute Gasteiger partial charge is 0.360 e. The molecule has 0 N–H and O–H groups in total. The second kappa shape index (κ2) is 6.17. The van der Waals surface area contributed by atoms with E-state index in [2.05, 4.69) is 15.3 Å². The van der Waals surface area contributed by atoms with Crippen molar-refractivity contribution >= 4 is 10.0 Å². The van der Waals surface area contributed by atoms with Crippen LogP contribution in [0.1, 0.15) is 17.3 Å². The van der Waals surface area contributed by atoms with E-state index in [-0.39, 0.29) is 23.1 Å². The number of hydrogen-bond donors (Lipinski definition) is 0. The maximum atomic E-state index is 12.7. The lowest BCUT2D eigenvalue weighted by atomic mass is 10.2. The number of benzene rings is 1. The highest BCUT2D eigenvalue weighted by Gasteiger charge is 2.29. The van der Waals surface area contributed by atoms with Gasteiger partial charge < -0.3 is 9.05 Å². The maximum absolute atomic E-state index is 12.7. The Morgan fingerprint density at radius 2 is 1.79 bits per heavy atom. The Balaban J connectivity index is 1.83. The summed E-state index contributed by atoms with van der Waals surface area (Å²) in [6.07, 6.45) is 0. The number of hydrogen-bond acceptors (Lipinski definition) is 7. The molecular weight excluding hydrogens is 332 g/mol. The van der Waals surface area contributed by atoms with Gasteiger partial charge in [-0.1, -0.05) is 40.6 Å². The van der Waals surface area contributed by atoms with Crippen LogP contribution in [0, 0.1) is 13.8 Å². The summed E-state index contributed by atoms with van der Waals surface area (Å²) in [4.78, 5) is 4.30. The lowest BCUT2D eigenvalue weighted by molar-refractivity contribution is 0.336. The van der Waals surface area contributed by atoms with Crippen LogP contribution in [-0.4, -0.2) is 35.1 Å². The molecular formula is C15H16N4O4S. The fraction of sp³-hybridized carbons (Fsp3) is 0.267. The van der Waals surface area contributed by atoms with Crippen LogP contribution < -0.4 is 0 Å². The minimum atomic E-state index is -3.76. The zero-order valence-electron chi connectivity index (χ0n) is 13.4. The van der Waals surface area contributed by atoms with E-state index in [0.717, 1.165) is 9.87 Å². The Kier molecular flexibility index (Phi) is 4.20. The van der Waals surface area contributed by atoms with E-state index >= 15 is 0 Å². The third-order valence-electron chi connectivity index (χ3n) is 3.49. The third kappa shape index (κ3) is 2.95. The lowest BCUT2D eigenvalue weighted by Gasteiger charge is -2.14. The fourth-order valence-electron chi connectivity index (χ4n) is 2.30. The summed E-state index contributed by atoms with van der Waals surface area (Å²) in [5.74, 6) is 0.857. The first-order valence-corrected chi connectivity index (χ1v) is 8.61. The number of nitrogens with zero attached hydrogens (tertiary/aromatic N) is 4. The monoisotopic (exact) mass is 348 g/mol. The first-order chi connectivity index (χ1) is 11.4. The van der Waals surface area contributed by atoms with Crippen LogP contribution in [0.2, 0.25) is 0 Å². The predicted molar refractivity (Wildman–Crippen MR) is 84.4 cm³/mol. The molecule has 0 unspecified atom stereocenters. The molecule has 0 saturated heterocycles. The molecule has 24 heavy (non-hydrogen) atoms. The average Bonchev–Trinajstić information content (AvgIpc) is 3.15. The molecule has 3 rings (SSSR count). The summed E-state index contributed by atoms with van der Waals surface area (Å²) in [6.45, 7) is 3.09. The molecule has 2 heterocycles. The van der Waals surface area contributed by atoms with E-state index < -0.39 is 10.0 Å². The summed E-state index contributed by atoms with van der Waals surface area (Å²) in [7, 11) is -2.32. The van der Waals surface area contributed by atoms with Crippen molar-refractivity contribution in [3.05, 3.63) is 47.7 Å². The third-order valence-corrected chi connectivity index (χ3v) is 5.54. The Labute approximate surface area is 139 Å². The number of rotatable bonds is 5. The molecule has 0 aliphatic carbocycles. The Morgan fingerprint density at radius 1 is 1.08 bits per heavy atom. The molecule has 0 amide bonds. The van der Waals surface area contributed by atoms with Crippen LogP contribution in [-0.2, 0) is 16.6 Å². The molecule has 9 heteroatoms. The summed E-state index contributed by atoms with van der Waals surface area (Å²) in [5.41, 5.74) is 1.11. The second-order valence-electron chi connectivity index (χ2n) is 5.29. The van der Waals surface area contributed by atoms with Gasteiger partial charge in [0.1, 0.15) is 10.6 Å². The Hall–Kier alpha value is -2.52. The fourth-order valence-corrected chi connectivity index (χ4v) is 3.70. The van der Waals surface area contributed by atoms with E-state index in [0.29, 0.717) is 11.5 Å². The molecule has 0 saturated carbocycles. The van der Waals surface area contributed by atoms with Gasteiger partial charge in [0, 0.05) is 12.6 Å². The van der Waals surface area contributed by atoms with Gasteiger partial charge >= 0.3 is 0 Å². The highest BCUT2D eigenvalue weighted by molar-refractivity contribution is 7.89. The molecule has 0 fully saturated rings. The van der Waals surface area contributed by atoms with Crippen LogP contribution in [0.15, 0.2) is 44.3 Å². The summed E-state index contributed by atoms with van der Waals surface area (Å²) in [5, 5.41) is 7.56. The van der Waals surface area contributed by atoms with E-state index in [4.69, 9.17) is 9.05 Å². The second-order valence-corrected chi connectivity index (χ2v) is 7.27. The molecule has 8 nitrogen and oxygen atoms in total. The minimum absolute atomic E-state index is 0.0494. The highest BCUT2D eigenvalue weighted by Crippen LogP contribution is 2.23. The quantitative estimate of drug-likeness (QED) is 0.696. The summed E-state index contributed by atoms with van der Waals surface area (Å²) in [6, 6.07) is 9.30. The van der Waals surface area contributed by atoms with Crippen molar-refractivity contribution in [2.45, 2.75) is 25.3 Å². The van der Waals surface area contributed by atoms with Crippen molar-refractivity contribution in [3.63, 3.8) is 0 Å². The molecule has 126 valence electrons. The first-order valence-electron chi connectivity index (χ1n) is 7.17. The van der Waals surface area contributed by atoms with Crippen molar-refractivity contribution in [3.8, 4) is 11.4 Å². The molecule has 2 aromatic heterocycles. The van der Waals surface area contributed by atoms with Crippen molar-refractivity contribution < 1.29 is 17.5 Å². The molecule has 0 aliphatic heterocycles. The van der Waals surface area contributed by atoms with Crippen molar-refractivity contribution in [2.24, 2.45) is 0 Å². The molecule has 1 aromatic carbocycles. The van der Waals surface area contributed by atoms with Crippen molar-refractivity contribution in [1.29, 1.82) is 0 Å². The molecule has 0 spiro atoms. The van der Waals surface area contributed by atoms with Crippen LogP contribution in [0.25, 0.3) is 11.4 Å². The maximum Gasteiger partial charge on any atom is 0.248 e. The van der Waals surface area contributed by atoms with Crippen molar-refractivity contribution in [2.75, 3.05) is 7.05 Å². The van der Waals surface area contributed by atoms with Gasteiger partial charge in [0.2, 0.25) is 21.7 Å². The van der Waals surface area contributed by atoms with E-state index in [1.54, 1.807) is 13.8 Å². The van der Waals surface area contributed by atoms with Gasteiger partial charge in [-0.15, -0.1) is 0 Å². The molecule has 0 radical (unpaired) electrons. The van der Waals surface area contributed by atoms with Crippen LogP contribution in [0.4, 0.5) is 0 Å². The van der Waals surface area contributed by atoms with E-state index in [1.807, 2.05) is 30.3 Å². The predicted octanol–water partition coefficient (Wildman–Crippen LogP) is 2.16. The zero-order valence-corrected chi connectivity index (χ0v) is 14.2. The summed E-state index contributed by atoms with van der Waals surface area (Å²) >= 11 is 0. The SMILES string of the molecule is Cc1noc(C)c1S(=O)(=O)N(C)Cc1nc(-c2ccccc2)no1. The smallest absolute Gasteiger partial charge is 0.248 e.